The quantitative estimate of drug-likeness (QED) is 0.788. The van der Waals surface area contributed by atoms with E-state index in [0.29, 0.717) is 13.3 Å². The van der Waals surface area contributed by atoms with Gasteiger partial charge in [0, 0.05) is 42.9 Å². The van der Waals surface area contributed by atoms with Crippen LogP contribution >= 0.6 is 15.9 Å². The first kappa shape index (κ1) is 18.3. The van der Waals surface area contributed by atoms with Gasteiger partial charge in [0.2, 0.25) is 12.7 Å². The van der Waals surface area contributed by atoms with Gasteiger partial charge in [-0.1, -0.05) is 22.0 Å². The summed E-state index contributed by atoms with van der Waals surface area (Å²) >= 11 is 3.40. The van der Waals surface area contributed by atoms with Crippen molar-refractivity contribution in [2.45, 2.75) is 6.54 Å². The number of ether oxygens (including phenoxy) is 2. The lowest BCUT2D eigenvalue weighted by Gasteiger charge is -2.34. The standard InChI is InChI=1S/C20H22BrN3O3/c21-16-2-4-17(5-3-16)22-20(25)13-24-9-7-23(8-10-24)12-15-1-6-18-19(11-15)27-14-26-18/h1-6,11H,7-10,12-14H2,(H,22,25). The molecule has 1 N–H and O–H groups in total. The number of piperazine rings is 1. The average molecular weight is 432 g/mol. The van der Waals surface area contributed by atoms with Crippen LogP contribution in [0.5, 0.6) is 11.5 Å². The maximum atomic E-state index is 12.2. The molecule has 0 aromatic heterocycles. The molecule has 2 aromatic rings. The predicted molar refractivity (Wildman–Crippen MR) is 107 cm³/mol. The highest BCUT2D eigenvalue weighted by atomic mass is 79.9. The van der Waals surface area contributed by atoms with E-state index in [1.807, 2.05) is 30.3 Å². The van der Waals surface area contributed by atoms with Crippen LogP contribution in [0.15, 0.2) is 46.9 Å². The highest BCUT2D eigenvalue weighted by Gasteiger charge is 2.20. The largest absolute Gasteiger partial charge is 0.454 e. The van der Waals surface area contributed by atoms with E-state index < -0.39 is 0 Å². The van der Waals surface area contributed by atoms with E-state index in [1.165, 1.54) is 5.56 Å². The summed E-state index contributed by atoms with van der Waals surface area (Å²) in [6.45, 7) is 5.28. The van der Waals surface area contributed by atoms with Crippen molar-refractivity contribution in [3.63, 3.8) is 0 Å². The van der Waals surface area contributed by atoms with Crippen LogP contribution in [0.1, 0.15) is 5.56 Å². The number of nitrogens with zero attached hydrogens (tertiary/aromatic N) is 2. The van der Waals surface area contributed by atoms with Crippen LogP contribution in [0.3, 0.4) is 0 Å². The fourth-order valence-electron chi connectivity index (χ4n) is 3.34. The van der Waals surface area contributed by atoms with Crippen molar-refractivity contribution in [1.82, 2.24) is 9.80 Å². The number of amides is 1. The number of carbonyl (C=O) groups is 1. The van der Waals surface area contributed by atoms with Gasteiger partial charge in [0.25, 0.3) is 0 Å². The molecule has 7 heteroatoms. The molecular weight excluding hydrogens is 410 g/mol. The third-order valence-electron chi connectivity index (χ3n) is 4.80. The molecule has 2 aromatic carbocycles. The second-order valence-electron chi connectivity index (χ2n) is 6.79. The summed E-state index contributed by atoms with van der Waals surface area (Å²) < 4.78 is 11.8. The number of halogens is 1. The van der Waals surface area contributed by atoms with Gasteiger partial charge < -0.3 is 14.8 Å². The minimum Gasteiger partial charge on any atom is -0.454 e. The first-order valence-corrected chi connectivity index (χ1v) is 9.84. The fourth-order valence-corrected chi connectivity index (χ4v) is 3.60. The summed E-state index contributed by atoms with van der Waals surface area (Å²) in [5.74, 6) is 1.68. The zero-order valence-electron chi connectivity index (χ0n) is 15.0. The number of hydrogen-bond acceptors (Lipinski definition) is 5. The molecular formula is C20H22BrN3O3. The molecule has 0 unspecified atom stereocenters. The van der Waals surface area contributed by atoms with Crippen molar-refractivity contribution < 1.29 is 14.3 Å². The van der Waals surface area contributed by atoms with Crippen molar-refractivity contribution >= 4 is 27.5 Å². The van der Waals surface area contributed by atoms with Gasteiger partial charge in [0.05, 0.1) is 6.54 Å². The highest BCUT2D eigenvalue weighted by Crippen LogP contribution is 2.32. The van der Waals surface area contributed by atoms with Crippen LogP contribution in [-0.4, -0.2) is 55.2 Å². The number of fused-ring (bicyclic) bond motifs is 1. The molecule has 1 amide bonds. The van der Waals surface area contributed by atoms with Crippen molar-refractivity contribution in [1.29, 1.82) is 0 Å². The maximum Gasteiger partial charge on any atom is 0.238 e. The molecule has 0 spiro atoms. The third-order valence-corrected chi connectivity index (χ3v) is 5.33. The van der Waals surface area contributed by atoms with Crippen molar-refractivity contribution in [3.8, 4) is 11.5 Å². The summed E-state index contributed by atoms with van der Waals surface area (Å²) in [5.41, 5.74) is 2.05. The number of benzene rings is 2. The highest BCUT2D eigenvalue weighted by molar-refractivity contribution is 9.10. The molecule has 1 saturated heterocycles. The maximum absolute atomic E-state index is 12.2. The molecule has 142 valence electrons. The van der Waals surface area contributed by atoms with Gasteiger partial charge in [0.1, 0.15) is 0 Å². The van der Waals surface area contributed by atoms with Gasteiger partial charge in [-0.25, -0.2) is 0 Å². The predicted octanol–water partition coefficient (Wildman–Crippen LogP) is 2.93. The Morgan fingerprint density at radius 3 is 2.44 bits per heavy atom. The Bertz CT molecular complexity index is 805. The van der Waals surface area contributed by atoms with Crippen molar-refractivity contribution in [3.05, 3.63) is 52.5 Å². The lowest BCUT2D eigenvalue weighted by Crippen LogP contribution is -2.48. The molecule has 0 atom stereocenters. The summed E-state index contributed by atoms with van der Waals surface area (Å²) in [6, 6.07) is 13.7. The SMILES string of the molecule is O=C(CN1CCN(Cc2ccc3c(c2)OCO3)CC1)Nc1ccc(Br)cc1. The van der Waals surface area contributed by atoms with Gasteiger partial charge >= 0.3 is 0 Å². The van der Waals surface area contributed by atoms with E-state index >= 15 is 0 Å². The Kier molecular flexibility index (Phi) is 5.61. The van der Waals surface area contributed by atoms with E-state index in [9.17, 15) is 4.79 Å². The molecule has 27 heavy (non-hydrogen) atoms. The van der Waals surface area contributed by atoms with Gasteiger partial charge in [-0.05, 0) is 42.0 Å². The third kappa shape index (κ3) is 4.80. The Labute approximate surface area is 167 Å². The lowest BCUT2D eigenvalue weighted by atomic mass is 10.1. The summed E-state index contributed by atoms with van der Waals surface area (Å²) in [7, 11) is 0. The van der Waals surface area contributed by atoms with Gasteiger partial charge in [0.15, 0.2) is 11.5 Å². The number of rotatable bonds is 5. The smallest absolute Gasteiger partial charge is 0.238 e. The second-order valence-corrected chi connectivity index (χ2v) is 7.71. The number of nitrogens with one attached hydrogen (secondary N) is 1. The Morgan fingerprint density at radius 1 is 0.963 bits per heavy atom. The Hall–Kier alpha value is -2.09. The van der Waals surface area contributed by atoms with E-state index in [1.54, 1.807) is 0 Å². The molecule has 2 aliphatic rings. The molecule has 0 aliphatic carbocycles. The topological polar surface area (TPSA) is 54.0 Å². The molecule has 1 fully saturated rings. The zero-order valence-corrected chi connectivity index (χ0v) is 16.6. The van der Waals surface area contributed by atoms with Crippen LogP contribution in [0.4, 0.5) is 5.69 Å². The monoisotopic (exact) mass is 431 g/mol. The number of carbonyl (C=O) groups excluding carboxylic acids is 1. The van der Waals surface area contributed by atoms with Crippen molar-refractivity contribution in [2.24, 2.45) is 0 Å². The van der Waals surface area contributed by atoms with Crippen molar-refractivity contribution in [2.75, 3.05) is 44.8 Å². The fraction of sp³-hybridized carbons (Fsp3) is 0.350. The Balaban J connectivity index is 1.23. The minimum atomic E-state index is 0.0292. The lowest BCUT2D eigenvalue weighted by molar-refractivity contribution is -0.117. The summed E-state index contributed by atoms with van der Waals surface area (Å²) in [6.07, 6.45) is 0. The second kappa shape index (κ2) is 8.29. The minimum absolute atomic E-state index is 0.0292. The van der Waals surface area contributed by atoms with E-state index in [-0.39, 0.29) is 5.91 Å². The zero-order chi connectivity index (χ0) is 18.6. The molecule has 4 rings (SSSR count). The van der Waals surface area contributed by atoms with Crippen LogP contribution in [0.25, 0.3) is 0 Å². The molecule has 0 bridgehead atoms. The summed E-state index contributed by atoms with van der Waals surface area (Å²) in [4.78, 5) is 16.8. The number of hydrogen-bond donors (Lipinski definition) is 1. The van der Waals surface area contributed by atoms with Crippen LogP contribution in [0, 0.1) is 0 Å². The molecule has 0 radical (unpaired) electrons. The summed E-state index contributed by atoms with van der Waals surface area (Å²) in [5, 5.41) is 2.95. The molecule has 6 nitrogen and oxygen atoms in total. The van der Waals surface area contributed by atoms with Gasteiger partial charge in [-0.15, -0.1) is 0 Å². The van der Waals surface area contributed by atoms with Crippen LogP contribution in [0.2, 0.25) is 0 Å². The number of anilines is 1. The first-order valence-electron chi connectivity index (χ1n) is 9.04. The Morgan fingerprint density at radius 2 is 1.67 bits per heavy atom. The van der Waals surface area contributed by atoms with Gasteiger partial charge in [-0.3, -0.25) is 14.6 Å². The van der Waals surface area contributed by atoms with E-state index in [4.69, 9.17) is 9.47 Å². The molecule has 0 saturated carbocycles. The first-order chi connectivity index (χ1) is 13.2. The van der Waals surface area contributed by atoms with E-state index in [2.05, 4.69) is 43.2 Å². The molecule has 2 aliphatic heterocycles. The van der Waals surface area contributed by atoms with Crippen LogP contribution < -0.4 is 14.8 Å². The average Bonchev–Trinajstić information content (AvgIpc) is 3.13. The normalized spacial score (nSPS) is 17.1. The van der Waals surface area contributed by atoms with E-state index in [0.717, 1.165) is 54.4 Å². The molecule has 2 heterocycles. The van der Waals surface area contributed by atoms with Crippen LogP contribution in [-0.2, 0) is 11.3 Å². The van der Waals surface area contributed by atoms with Gasteiger partial charge in [-0.2, -0.15) is 0 Å².